The first-order valence-corrected chi connectivity index (χ1v) is 6.93. The summed E-state index contributed by atoms with van der Waals surface area (Å²) in [5.41, 5.74) is 1.13. The summed E-state index contributed by atoms with van der Waals surface area (Å²) in [4.78, 5) is 24.8. The molecule has 0 radical (unpaired) electrons. The molecule has 19 heavy (non-hydrogen) atoms. The number of nitrogens with zero attached hydrogens (tertiary/aromatic N) is 1. The summed E-state index contributed by atoms with van der Waals surface area (Å²) in [6.45, 7) is 4.90. The van der Waals surface area contributed by atoms with Crippen molar-refractivity contribution >= 4 is 12.0 Å². The Morgan fingerprint density at radius 1 is 1.26 bits per heavy atom. The fourth-order valence-corrected chi connectivity index (χ4v) is 2.23. The third-order valence-electron chi connectivity index (χ3n) is 3.31. The normalized spacial score (nSPS) is 20.1. The molecule has 1 aliphatic rings. The molecule has 5 heteroatoms. The number of carbonyl (C=O) groups excluding carboxylic acids is 1. The van der Waals surface area contributed by atoms with Crippen molar-refractivity contribution in [3.8, 4) is 0 Å². The van der Waals surface area contributed by atoms with E-state index in [4.69, 9.17) is 0 Å². The van der Waals surface area contributed by atoms with E-state index in [-0.39, 0.29) is 6.03 Å². The van der Waals surface area contributed by atoms with Crippen molar-refractivity contribution < 1.29 is 14.7 Å². The van der Waals surface area contributed by atoms with Crippen molar-refractivity contribution in [2.75, 3.05) is 13.1 Å². The van der Waals surface area contributed by atoms with Gasteiger partial charge < -0.3 is 15.3 Å². The van der Waals surface area contributed by atoms with E-state index < -0.39 is 12.0 Å². The molecule has 0 aromatic carbocycles. The Hall–Kier alpha value is -1.52. The van der Waals surface area contributed by atoms with Crippen molar-refractivity contribution in [3.05, 3.63) is 11.6 Å². The number of rotatable bonds is 3. The van der Waals surface area contributed by atoms with Gasteiger partial charge >= 0.3 is 12.0 Å². The summed E-state index contributed by atoms with van der Waals surface area (Å²) in [7, 11) is 0. The highest BCUT2D eigenvalue weighted by atomic mass is 16.4. The Balaban J connectivity index is 2.64. The Morgan fingerprint density at radius 2 is 1.95 bits per heavy atom. The minimum absolute atomic E-state index is 0.271. The molecule has 0 aliphatic carbocycles. The predicted molar refractivity (Wildman–Crippen MR) is 74.0 cm³/mol. The van der Waals surface area contributed by atoms with Crippen molar-refractivity contribution in [2.24, 2.45) is 0 Å². The maximum atomic E-state index is 12.1. The van der Waals surface area contributed by atoms with Gasteiger partial charge in [-0.15, -0.1) is 0 Å². The van der Waals surface area contributed by atoms with E-state index >= 15 is 0 Å². The van der Waals surface area contributed by atoms with Crippen LogP contribution in [0.25, 0.3) is 0 Å². The van der Waals surface area contributed by atoms with E-state index in [0.29, 0.717) is 19.5 Å². The molecule has 1 unspecified atom stereocenters. The molecule has 1 heterocycles. The van der Waals surface area contributed by atoms with Crippen LogP contribution in [0.15, 0.2) is 11.6 Å². The van der Waals surface area contributed by atoms with Crippen LogP contribution in [0.2, 0.25) is 0 Å². The van der Waals surface area contributed by atoms with E-state index in [2.05, 4.69) is 5.32 Å². The Morgan fingerprint density at radius 3 is 2.58 bits per heavy atom. The first kappa shape index (κ1) is 15.5. The number of hydrogen-bond acceptors (Lipinski definition) is 2. The number of urea groups is 1. The van der Waals surface area contributed by atoms with Crippen molar-refractivity contribution in [1.82, 2.24) is 10.2 Å². The lowest BCUT2D eigenvalue weighted by Crippen LogP contribution is -2.50. The molecule has 0 bridgehead atoms. The van der Waals surface area contributed by atoms with Gasteiger partial charge in [0.05, 0.1) is 0 Å². The predicted octanol–water partition coefficient (Wildman–Crippen LogP) is 2.38. The largest absolute Gasteiger partial charge is 0.480 e. The zero-order chi connectivity index (χ0) is 14.3. The van der Waals surface area contributed by atoms with Crippen LogP contribution in [0.1, 0.15) is 46.0 Å². The lowest BCUT2D eigenvalue weighted by Gasteiger charge is -2.30. The molecule has 1 atom stereocenters. The van der Waals surface area contributed by atoms with Crippen LogP contribution in [0.5, 0.6) is 0 Å². The standard InChI is InChI=1S/C14H24N2O3/c1-11(2)8-9-15-14(19)16-10-6-4-3-5-7-12(16)13(17)18/h8,12H,3-7,9-10H2,1-2H3,(H,15,19)(H,17,18). The summed E-state index contributed by atoms with van der Waals surface area (Å²) in [6, 6.07) is -0.959. The van der Waals surface area contributed by atoms with Gasteiger partial charge in [-0.2, -0.15) is 0 Å². The van der Waals surface area contributed by atoms with E-state index in [9.17, 15) is 14.7 Å². The zero-order valence-electron chi connectivity index (χ0n) is 11.8. The van der Waals surface area contributed by atoms with Gasteiger partial charge in [0.25, 0.3) is 0 Å². The van der Waals surface area contributed by atoms with Crippen LogP contribution < -0.4 is 5.32 Å². The number of amides is 2. The summed E-state index contributed by atoms with van der Waals surface area (Å²) in [5, 5.41) is 12.0. The van der Waals surface area contributed by atoms with Gasteiger partial charge in [-0.05, 0) is 26.7 Å². The first-order chi connectivity index (χ1) is 9.02. The molecular weight excluding hydrogens is 244 g/mol. The highest BCUT2D eigenvalue weighted by molar-refractivity contribution is 5.82. The van der Waals surface area contributed by atoms with E-state index in [1.165, 1.54) is 4.90 Å². The number of allylic oxidation sites excluding steroid dienone is 1. The van der Waals surface area contributed by atoms with Crippen LogP contribution in [-0.2, 0) is 4.79 Å². The second-order valence-electron chi connectivity index (χ2n) is 5.22. The van der Waals surface area contributed by atoms with Crippen molar-refractivity contribution in [3.63, 3.8) is 0 Å². The number of carboxylic acid groups (broad SMARTS) is 1. The van der Waals surface area contributed by atoms with Gasteiger partial charge in [0.15, 0.2) is 0 Å². The highest BCUT2D eigenvalue weighted by Gasteiger charge is 2.29. The number of carbonyl (C=O) groups is 2. The Bertz CT molecular complexity index is 349. The lowest BCUT2D eigenvalue weighted by molar-refractivity contribution is -0.142. The molecular formula is C14H24N2O3. The number of nitrogens with one attached hydrogen (secondary N) is 1. The van der Waals surface area contributed by atoms with Crippen molar-refractivity contribution in [1.29, 1.82) is 0 Å². The minimum atomic E-state index is -0.903. The number of likely N-dealkylation sites (tertiary alicyclic amines) is 1. The molecule has 0 saturated carbocycles. The van der Waals surface area contributed by atoms with Gasteiger partial charge in [-0.25, -0.2) is 9.59 Å². The average molecular weight is 268 g/mol. The smallest absolute Gasteiger partial charge is 0.326 e. The molecule has 1 aliphatic heterocycles. The fraction of sp³-hybridized carbons (Fsp3) is 0.714. The van der Waals surface area contributed by atoms with Crippen LogP contribution >= 0.6 is 0 Å². The summed E-state index contributed by atoms with van der Waals surface area (Å²) in [6.07, 6.45) is 6.32. The quantitative estimate of drug-likeness (QED) is 0.772. The molecule has 2 amide bonds. The molecule has 5 nitrogen and oxygen atoms in total. The number of hydrogen-bond donors (Lipinski definition) is 2. The minimum Gasteiger partial charge on any atom is -0.480 e. The molecule has 1 saturated heterocycles. The SMILES string of the molecule is CC(C)=CCNC(=O)N1CCCCCCC1C(=O)O. The summed E-state index contributed by atoms with van der Waals surface area (Å²) in [5.74, 6) is -0.903. The van der Waals surface area contributed by atoms with Gasteiger partial charge in [0.2, 0.25) is 0 Å². The Kier molecular flexibility index (Phi) is 6.39. The molecule has 1 fully saturated rings. The van der Waals surface area contributed by atoms with Gasteiger partial charge in [-0.3, -0.25) is 0 Å². The van der Waals surface area contributed by atoms with E-state index in [0.717, 1.165) is 31.3 Å². The lowest BCUT2D eigenvalue weighted by atomic mass is 10.0. The third kappa shape index (κ3) is 5.32. The van der Waals surface area contributed by atoms with Gasteiger partial charge in [0, 0.05) is 13.1 Å². The second-order valence-corrected chi connectivity index (χ2v) is 5.22. The monoisotopic (exact) mass is 268 g/mol. The zero-order valence-corrected chi connectivity index (χ0v) is 11.8. The Labute approximate surface area is 114 Å². The van der Waals surface area contributed by atoms with Crippen LogP contribution in [-0.4, -0.2) is 41.1 Å². The number of aliphatic carboxylic acids is 1. The highest BCUT2D eigenvalue weighted by Crippen LogP contribution is 2.17. The topological polar surface area (TPSA) is 69.6 Å². The van der Waals surface area contributed by atoms with Gasteiger partial charge in [0.1, 0.15) is 6.04 Å². The van der Waals surface area contributed by atoms with Crippen LogP contribution in [0.4, 0.5) is 4.79 Å². The molecule has 1 rings (SSSR count). The van der Waals surface area contributed by atoms with Crippen molar-refractivity contribution in [2.45, 2.75) is 52.0 Å². The molecule has 2 N–H and O–H groups in total. The van der Waals surface area contributed by atoms with Crippen LogP contribution in [0.3, 0.4) is 0 Å². The summed E-state index contributed by atoms with van der Waals surface area (Å²) >= 11 is 0. The first-order valence-electron chi connectivity index (χ1n) is 6.93. The van der Waals surface area contributed by atoms with E-state index in [1.54, 1.807) is 0 Å². The third-order valence-corrected chi connectivity index (χ3v) is 3.31. The summed E-state index contributed by atoms with van der Waals surface area (Å²) < 4.78 is 0. The van der Waals surface area contributed by atoms with Gasteiger partial charge in [-0.1, -0.05) is 30.9 Å². The molecule has 108 valence electrons. The fourth-order valence-electron chi connectivity index (χ4n) is 2.23. The molecule has 0 spiro atoms. The average Bonchev–Trinajstić information content (AvgIpc) is 2.27. The molecule has 0 aromatic rings. The maximum absolute atomic E-state index is 12.1. The second kappa shape index (κ2) is 7.81. The number of carboxylic acids is 1. The maximum Gasteiger partial charge on any atom is 0.326 e. The van der Waals surface area contributed by atoms with E-state index in [1.807, 2.05) is 19.9 Å². The van der Waals surface area contributed by atoms with Crippen LogP contribution in [0, 0.1) is 0 Å². The molecule has 0 aromatic heterocycles.